The summed E-state index contributed by atoms with van der Waals surface area (Å²) < 4.78 is 21.9. The lowest BCUT2D eigenvalue weighted by Crippen LogP contribution is -2.32. The van der Waals surface area contributed by atoms with E-state index in [-0.39, 0.29) is 6.10 Å². The van der Waals surface area contributed by atoms with E-state index in [1.54, 1.807) is 19.2 Å². The number of carbonyl (C=O) groups is 1. The van der Waals surface area contributed by atoms with E-state index in [0.717, 1.165) is 5.56 Å². The molecule has 20 heavy (non-hydrogen) atoms. The second-order valence-corrected chi connectivity index (χ2v) is 4.49. The van der Waals surface area contributed by atoms with E-state index < -0.39 is 0 Å². The smallest absolute Gasteiger partial charge is 0.185 e. The van der Waals surface area contributed by atoms with Gasteiger partial charge in [-0.3, -0.25) is 4.79 Å². The van der Waals surface area contributed by atoms with E-state index in [1.165, 1.54) is 0 Å². The van der Waals surface area contributed by atoms with Crippen LogP contribution in [0.1, 0.15) is 10.6 Å². The molecule has 3 rings (SSSR count). The zero-order chi connectivity index (χ0) is 13.9. The first-order valence-corrected chi connectivity index (χ1v) is 6.28. The largest absolute Gasteiger partial charge is 0.486 e. The zero-order valence-electron chi connectivity index (χ0n) is 11.0. The highest BCUT2D eigenvalue weighted by atomic mass is 16.6. The second-order valence-electron chi connectivity index (χ2n) is 4.49. The number of methoxy groups -OCH3 is 1. The first-order valence-electron chi connectivity index (χ1n) is 6.28. The Labute approximate surface area is 116 Å². The third kappa shape index (κ3) is 2.40. The molecule has 1 aromatic heterocycles. The lowest BCUT2D eigenvalue weighted by atomic mass is 10.1. The topological polar surface area (TPSA) is 57.9 Å². The molecule has 0 aliphatic carbocycles. The average molecular weight is 274 g/mol. The summed E-state index contributed by atoms with van der Waals surface area (Å²) >= 11 is 0. The summed E-state index contributed by atoms with van der Waals surface area (Å²) in [5.74, 6) is 2.27. The van der Waals surface area contributed by atoms with Crippen molar-refractivity contribution in [3.8, 4) is 22.8 Å². The zero-order valence-corrected chi connectivity index (χ0v) is 11.0. The molecule has 0 N–H and O–H groups in total. The van der Waals surface area contributed by atoms with Crippen molar-refractivity contribution in [3.05, 3.63) is 36.1 Å². The van der Waals surface area contributed by atoms with Crippen LogP contribution in [0, 0.1) is 0 Å². The minimum absolute atomic E-state index is 0.120. The van der Waals surface area contributed by atoms with Crippen LogP contribution in [0.3, 0.4) is 0 Å². The second kappa shape index (κ2) is 5.38. The molecular weight excluding hydrogens is 260 g/mol. The number of aldehydes is 1. The average Bonchev–Trinajstić information content (AvgIpc) is 2.96. The lowest BCUT2D eigenvalue weighted by Gasteiger charge is -2.26. The van der Waals surface area contributed by atoms with Crippen LogP contribution in [0.5, 0.6) is 11.5 Å². The number of rotatable bonds is 4. The van der Waals surface area contributed by atoms with Gasteiger partial charge in [0.2, 0.25) is 0 Å². The Morgan fingerprint density at radius 3 is 2.95 bits per heavy atom. The van der Waals surface area contributed by atoms with E-state index in [9.17, 15) is 4.79 Å². The summed E-state index contributed by atoms with van der Waals surface area (Å²) in [5, 5.41) is 0. The molecule has 1 aliphatic heterocycles. The molecule has 5 heteroatoms. The maximum absolute atomic E-state index is 10.6. The molecule has 2 aromatic rings. The van der Waals surface area contributed by atoms with Crippen LogP contribution in [0.15, 0.2) is 34.7 Å². The first-order chi connectivity index (χ1) is 9.80. The lowest BCUT2D eigenvalue weighted by molar-refractivity contribution is 0.0272. The Kier molecular flexibility index (Phi) is 3.43. The number of ether oxygens (including phenoxy) is 3. The maximum Gasteiger partial charge on any atom is 0.185 e. The predicted molar refractivity (Wildman–Crippen MR) is 71.3 cm³/mol. The van der Waals surface area contributed by atoms with Gasteiger partial charge in [-0.2, -0.15) is 0 Å². The summed E-state index contributed by atoms with van der Waals surface area (Å²) in [4.78, 5) is 10.6. The van der Waals surface area contributed by atoms with Gasteiger partial charge in [-0.1, -0.05) is 0 Å². The summed E-state index contributed by atoms with van der Waals surface area (Å²) in [5.41, 5.74) is 0.832. The third-order valence-corrected chi connectivity index (χ3v) is 3.04. The van der Waals surface area contributed by atoms with Crippen molar-refractivity contribution in [2.75, 3.05) is 20.3 Å². The molecule has 0 bridgehead atoms. The van der Waals surface area contributed by atoms with Gasteiger partial charge in [0.05, 0.1) is 6.61 Å². The van der Waals surface area contributed by atoms with Crippen molar-refractivity contribution in [3.63, 3.8) is 0 Å². The van der Waals surface area contributed by atoms with Crippen molar-refractivity contribution in [1.82, 2.24) is 0 Å². The maximum atomic E-state index is 10.6. The fraction of sp³-hybridized carbons (Fsp3) is 0.267. The molecule has 0 amide bonds. The third-order valence-electron chi connectivity index (χ3n) is 3.04. The van der Waals surface area contributed by atoms with Gasteiger partial charge < -0.3 is 18.6 Å². The predicted octanol–water partition coefficient (Wildman–Crippen LogP) is 2.55. The van der Waals surface area contributed by atoms with Crippen molar-refractivity contribution in [2.24, 2.45) is 0 Å². The quantitative estimate of drug-likeness (QED) is 0.802. The molecule has 1 unspecified atom stereocenters. The number of hydrogen-bond acceptors (Lipinski definition) is 5. The van der Waals surface area contributed by atoms with E-state index in [1.807, 2.05) is 18.2 Å². The van der Waals surface area contributed by atoms with Gasteiger partial charge in [-0.25, -0.2) is 0 Å². The summed E-state index contributed by atoms with van der Waals surface area (Å²) in [7, 11) is 1.62. The van der Waals surface area contributed by atoms with Crippen LogP contribution in [-0.2, 0) is 4.74 Å². The Hall–Kier alpha value is -2.27. The highest BCUT2D eigenvalue weighted by Crippen LogP contribution is 2.36. The Morgan fingerprint density at radius 1 is 1.30 bits per heavy atom. The normalized spacial score (nSPS) is 16.9. The van der Waals surface area contributed by atoms with E-state index in [0.29, 0.717) is 42.5 Å². The molecule has 1 atom stereocenters. The molecule has 0 saturated carbocycles. The first kappa shape index (κ1) is 12.7. The van der Waals surface area contributed by atoms with Crippen molar-refractivity contribution >= 4 is 6.29 Å². The minimum atomic E-state index is -0.120. The van der Waals surface area contributed by atoms with E-state index in [2.05, 4.69) is 0 Å². The molecule has 1 aliphatic rings. The highest BCUT2D eigenvalue weighted by molar-refractivity contribution is 5.73. The Morgan fingerprint density at radius 2 is 2.20 bits per heavy atom. The standard InChI is InChI=1S/C15H14O5/c1-17-8-12-9-18-14-4-2-10(6-15(14)20-12)13-5-3-11(7-16)19-13/h2-7,12H,8-9H2,1H3. The molecule has 0 spiro atoms. The molecule has 2 heterocycles. The monoisotopic (exact) mass is 274 g/mol. The SMILES string of the molecule is COCC1COc2ccc(-c3ccc(C=O)o3)cc2O1. The van der Waals surface area contributed by atoms with Crippen LogP contribution in [-0.4, -0.2) is 32.7 Å². The minimum Gasteiger partial charge on any atom is -0.486 e. The molecule has 1 aromatic carbocycles. The van der Waals surface area contributed by atoms with Crippen LogP contribution < -0.4 is 9.47 Å². The number of furan rings is 1. The van der Waals surface area contributed by atoms with Gasteiger partial charge in [0.15, 0.2) is 29.6 Å². The van der Waals surface area contributed by atoms with Gasteiger partial charge >= 0.3 is 0 Å². The van der Waals surface area contributed by atoms with Crippen molar-refractivity contribution < 1.29 is 23.4 Å². The van der Waals surface area contributed by atoms with E-state index >= 15 is 0 Å². The summed E-state index contributed by atoms with van der Waals surface area (Å²) in [6.45, 7) is 0.940. The number of benzene rings is 1. The van der Waals surface area contributed by atoms with E-state index in [4.69, 9.17) is 18.6 Å². The Bertz CT molecular complexity index is 616. The number of carbonyl (C=O) groups excluding carboxylic acids is 1. The summed E-state index contributed by atoms with van der Waals surface area (Å²) in [6, 6.07) is 8.92. The number of fused-ring (bicyclic) bond motifs is 1. The molecule has 5 nitrogen and oxygen atoms in total. The van der Waals surface area contributed by atoms with Crippen LogP contribution in [0.2, 0.25) is 0 Å². The van der Waals surface area contributed by atoms with Crippen LogP contribution >= 0.6 is 0 Å². The molecule has 0 radical (unpaired) electrons. The van der Waals surface area contributed by atoms with Gasteiger partial charge in [0.1, 0.15) is 12.4 Å². The molecular formula is C15H14O5. The number of hydrogen-bond donors (Lipinski definition) is 0. The summed E-state index contributed by atoms with van der Waals surface area (Å²) in [6.07, 6.45) is 0.556. The van der Waals surface area contributed by atoms with Gasteiger partial charge in [-0.05, 0) is 30.3 Å². The van der Waals surface area contributed by atoms with Crippen LogP contribution in [0.25, 0.3) is 11.3 Å². The van der Waals surface area contributed by atoms with Crippen molar-refractivity contribution in [2.45, 2.75) is 6.10 Å². The molecule has 0 saturated heterocycles. The highest BCUT2D eigenvalue weighted by Gasteiger charge is 2.21. The Balaban J connectivity index is 1.88. The van der Waals surface area contributed by atoms with Gasteiger partial charge in [0.25, 0.3) is 0 Å². The molecule has 0 fully saturated rings. The van der Waals surface area contributed by atoms with Crippen LogP contribution in [0.4, 0.5) is 0 Å². The molecule has 104 valence electrons. The van der Waals surface area contributed by atoms with Gasteiger partial charge in [-0.15, -0.1) is 0 Å². The van der Waals surface area contributed by atoms with Gasteiger partial charge in [0, 0.05) is 12.7 Å². The van der Waals surface area contributed by atoms with Crippen molar-refractivity contribution in [1.29, 1.82) is 0 Å². The fourth-order valence-electron chi connectivity index (χ4n) is 2.11. The fourth-order valence-corrected chi connectivity index (χ4v) is 2.11.